The van der Waals surface area contributed by atoms with Gasteiger partial charge < -0.3 is 19.1 Å². The number of ketones is 1. The molecular formula is C21H27NO6. The summed E-state index contributed by atoms with van der Waals surface area (Å²) in [5.41, 5.74) is 0.462. The molecule has 7 heteroatoms. The van der Waals surface area contributed by atoms with E-state index >= 15 is 0 Å². The van der Waals surface area contributed by atoms with Gasteiger partial charge in [0.1, 0.15) is 13.2 Å². The molecule has 1 fully saturated rings. The van der Waals surface area contributed by atoms with Gasteiger partial charge in [0.25, 0.3) is 5.91 Å². The molecule has 0 saturated carbocycles. The van der Waals surface area contributed by atoms with Crippen LogP contribution in [0.3, 0.4) is 0 Å². The lowest BCUT2D eigenvalue weighted by molar-refractivity contribution is -0.159. The van der Waals surface area contributed by atoms with Crippen LogP contribution in [0.5, 0.6) is 11.5 Å². The van der Waals surface area contributed by atoms with Crippen LogP contribution in [0.25, 0.3) is 0 Å². The van der Waals surface area contributed by atoms with Crippen molar-refractivity contribution in [3.8, 4) is 11.5 Å². The number of Topliss-reactive ketones (excluding diaryl/α,β-unsaturated/α-hetero) is 1. The standard InChI is InChI=1S/C21H27NO6/c1-14-7-9-22(10-8-14)21(25)15(2)28-20(24)6-4-17(23)16-3-5-18-19(13-16)27-12-11-26-18/h3,5,13-15H,4,6-12H2,1-2H3. The molecule has 2 aliphatic rings. The molecule has 2 heterocycles. The van der Waals surface area contributed by atoms with E-state index in [1.807, 2.05) is 0 Å². The van der Waals surface area contributed by atoms with Gasteiger partial charge in [0, 0.05) is 25.1 Å². The molecule has 3 rings (SSSR count). The summed E-state index contributed by atoms with van der Waals surface area (Å²) in [6, 6.07) is 4.98. The van der Waals surface area contributed by atoms with E-state index in [0.29, 0.717) is 49.3 Å². The number of fused-ring (bicyclic) bond motifs is 1. The molecule has 152 valence electrons. The number of carbonyl (C=O) groups is 3. The summed E-state index contributed by atoms with van der Waals surface area (Å²) in [4.78, 5) is 38.6. The number of rotatable bonds is 6. The fraction of sp³-hybridized carbons (Fsp3) is 0.571. The summed E-state index contributed by atoms with van der Waals surface area (Å²) in [5, 5.41) is 0. The zero-order chi connectivity index (χ0) is 20.1. The van der Waals surface area contributed by atoms with Gasteiger partial charge in [0.2, 0.25) is 0 Å². The van der Waals surface area contributed by atoms with E-state index in [-0.39, 0.29) is 24.5 Å². The molecule has 0 N–H and O–H groups in total. The van der Waals surface area contributed by atoms with E-state index < -0.39 is 12.1 Å². The third kappa shape index (κ3) is 5.03. The molecule has 2 aliphatic heterocycles. The number of likely N-dealkylation sites (tertiary alicyclic amines) is 1. The van der Waals surface area contributed by atoms with Gasteiger partial charge in [-0.3, -0.25) is 14.4 Å². The molecular weight excluding hydrogens is 362 g/mol. The number of carbonyl (C=O) groups excluding carboxylic acids is 3. The first-order valence-electron chi connectivity index (χ1n) is 9.85. The van der Waals surface area contributed by atoms with Crippen molar-refractivity contribution in [1.29, 1.82) is 0 Å². The van der Waals surface area contributed by atoms with Crippen LogP contribution < -0.4 is 9.47 Å². The molecule has 1 atom stereocenters. The quantitative estimate of drug-likeness (QED) is 0.549. The van der Waals surface area contributed by atoms with Crippen molar-refractivity contribution in [2.24, 2.45) is 5.92 Å². The summed E-state index contributed by atoms with van der Waals surface area (Å²) in [7, 11) is 0. The largest absolute Gasteiger partial charge is 0.486 e. The zero-order valence-electron chi connectivity index (χ0n) is 16.4. The summed E-state index contributed by atoms with van der Waals surface area (Å²) in [6.07, 6.45) is 1.06. The Kier molecular flexibility index (Phi) is 6.54. The number of amides is 1. The van der Waals surface area contributed by atoms with Crippen LogP contribution in [-0.2, 0) is 14.3 Å². The van der Waals surface area contributed by atoms with Crippen LogP contribution >= 0.6 is 0 Å². The highest BCUT2D eigenvalue weighted by atomic mass is 16.6. The lowest BCUT2D eigenvalue weighted by Crippen LogP contribution is -2.44. The van der Waals surface area contributed by atoms with E-state index in [9.17, 15) is 14.4 Å². The van der Waals surface area contributed by atoms with Crippen LogP contribution in [0.2, 0.25) is 0 Å². The second-order valence-corrected chi connectivity index (χ2v) is 7.42. The number of hydrogen-bond donors (Lipinski definition) is 0. The molecule has 0 aromatic heterocycles. The maximum atomic E-state index is 12.4. The van der Waals surface area contributed by atoms with Crippen molar-refractivity contribution in [1.82, 2.24) is 4.90 Å². The fourth-order valence-electron chi connectivity index (χ4n) is 3.37. The normalized spacial score (nSPS) is 17.7. The minimum atomic E-state index is -0.828. The summed E-state index contributed by atoms with van der Waals surface area (Å²) in [6.45, 7) is 6.08. The highest BCUT2D eigenvalue weighted by Gasteiger charge is 2.27. The van der Waals surface area contributed by atoms with Gasteiger partial charge in [-0.05, 0) is 43.9 Å². The Balaban J connectivity index is 1.45. The minimum absolute atomic E-state index is 0.0145. The maximum Gasteiger partial charge on any atom is 0.307 e. The van der Waals surface area contributed by atoms with E-state index in [2.05, 4.69) is 6.92 Å². The van der Waals surface area contributed by atoms with E-state index in [4.69, 9.17) is 14.2 Å². The van der Waals surface area contributed by atoms with E-state index in [1.165, 1.54) is 0 Å². The smallest absolute Gasteiger partial charge is 0.307 e. The number of piperidine rings is 1. The van der Waals surface area contributed by atoms with Crippen LogP contribution in [0, 0.1) is 5.92 Å². The Morgan fingerprint density at radius 2 is 1.79 bits per heavy atom. The van der Waals surface area contributed by atoms with Crippen LogP contribution in [-0.4, -0.2) is 55.0 Å². The van der Waals surface area contributed by atoms with Crippen molar-refractivity contribution in [2.45, 2.75) is 45.6 Å². The number of esters is 1. The number of hydrogen-bond acceptors (Lipinski definition) is 6. The van der Waals surface area contributed by atoms with Crippen molar-refractivity contribution >= 4 is 17.7 Å². The molecule has 1 unspecified atom stereocenters. The first-order chi connectivity index (χ1) is 13.4. The Morgan fingerprint density at radius 1 is 1.11 bits per heavy atom. The first-order valence-corrected chi connectivity index (χ1v) is 9.85. The van der Waals surface area contributed by atoms with Crippen molar-refractivity contribution < 1.29 is 28.6 Å². The Bertz CT molecular complexity index is 738. The van der Waals surface area contributed by atoms with Gasteiger partial charge in [0.05, 0.1) is 6.42 Å². The molecule has 1 saturated heterocycles. The topological polar surface area (TPSA) is 82.1 Å². The van der Waals surface area contributed by atoms with Crippen molar-refractivity contribution in [3.05, 3.63) is 23.8 Å². The molecule has 0 radical (unpaired) electrons. The molecule has 1 aromatic carbocycles. The SMILES string of the molecule is CC1CCN(C(=O)C(C)OC(=O)CCC(=O)c2ccc3c(c2)OCCO3)CC1. The third-order valence-electron chi connectivity index (χ3n) is 5.17. The van der Waals surface area contributed by atoms with Gasteiger partial charge >= 0.3 is 5.97 Å². The zero-order valence-corrected chi connectivity index (χ0v) is 16.4. The molecule has 1 aromatic rings. The highest BCUT2D eigenvalue weighted by molar-refractivity contribution is 5.98. The Hall–Kier alpha value is -2.57. The van der Waals surface area contributed by atoms with Gasteiger partial charge in [-0.25, -0.2) is 0 Å². The molecule has 28 heavy (non-hydrogen) atoms. The van der Waals surface area contributed by atoms with Gasteiger partial charge in [-0.1, -0.05) is 6.92 Å². The Morgan fingerprint density at radius 3 is 2.50 bits per heavy atom. The average Bonchev–Trinajstić information content (AvgIpc) is 2.71. The predicted octanol–water partition coefficient (Wildman–Crippen LogP) is 2.61. The van der Waals surface area contributed by atoms with Crippen LogP contribution in [0.4, 0.5) is 0 Å². The molecule has 0 spiro atoms. The molecule has 0 aliphatic carbocycles. The number of nitrogens with zero attached hydrogens (tertiary/aromatic N) is 1. The van der Waals surface area contributed by atoms with Crippen LogP contribution in [0.1, 0.15) is 49.9 Å². The third-order valence-corrected chi connectivity index (χ3v) is 5.17. The van der Waals surface area contributed by atoms with E-state index in [1.54, 1.807) is 30.0 Å². The van der Waals surface area contributed by atoms with Gasteiger partial charge in [-0.15, -0.1) is 0 Å². The summed E-state index contributed by atoms with van der Waals surface area (Å²) >= 11 is 0. The lowest BCUT2D eigenvalue weighted by Gasteiger charge is -2.31. The minimum Gasteiger partial charge on any atom is -0.486 e. The van der Waals surface area contributed by atoms with Gasteiger partial charge in [-0.2, -0.15) is 0 Å². The van der Waals surface area contributed by atoms with Gasteiger partial charge in [0.15, 0.2) is 23.4 Å². The van der Waals surface area contributed by atoms with Crippen molar-refractivity contribution in [2.75, 3.05) is 26.3 Å². The number of ether oxygens (including phenoxy) is 3. The second-order valence-electron chi connectivity index (χ2n) is 7.42. The maximum absolute atomic E-state index is 12.4. The van der Waals surface area contributed by atoms with Crippen LogP contribution in [0.15, 0.2) is 18.2 Å². The fourth-order valence-corrected chi connectivity index (χ4v) is 3.37. The molecule has 7 nitrogen and oxygen atoms in total. The number of benzene rings is 1. The Labute approximate surface area is 164 Å². The average molecular weight is 389 g/mol. The molecule has 1 amide bonds. The molecule has 0 bridgehead atoms. The summed E-state index contributed by atoms with van der Waals surface area (Å²) in [5.74, 6) is 0.873. The second kappa shape index (κ2) is 9.08. The highest BCUT2D eigenvalue weighted by Crippen LogP contribution is 2.31. The predicted molar refractivity (Wildman–Crippen MR) is 102 cm³/mol. The lowest BCUT2D eigenvalue weighted by atomic mass is 9.99. The monoisotopic (exact) mass is 389 g/mol. The summed E-state index contributed by atoms with van der Waals surface area (Å²) < 4.78 is 16.1. The first kappa shape index (κ1) is 20.2. The van der Waals surface area contributed by atoms with Crippen molar-refractivity contribution in [3.63, 3.8) is 0 Å². The van der Waals surface area contributed by atoms with E-state index in [0.717, 1.165) is 12.8 Å².